The van der Waals surface area contributed by atoms with Gasteiger partial charge >= 0.3 is 0 Å². The SMILES string of the molecule is C=CCNc1ccc2c(OCCCCCC)c(OC=O)c(=O)n(CCCC)c2c1. The Bertz CT molecular complexity index is 873. The van der Waals surface area contributed by atoms with Crippen molar-refractivity contribution in [3.8, 4) is 11.5 Å². The summed E-state index contributed by atoms with van der Waals surface area (Å²) in [5.41, 5.74) is 1.31. The summed E-state index contributed by atoms with van der Waals surface area (Å²) in [5, 5.41) is 4.01. The molecule has 0 radical (unpaired) electrons. The fraction of sp³-hybridized carbons (Fsp3) is 0.478. The molecule has 0 aliphatic rings. The molecular formula is C23H32N2O4. The molecule has 2 aromatic rings. The molecule has 0 saturated carbocycles. The number of fused-ring (bicyclic) bond motifs is 1. The molecule has 1 heterocycles. The van der Waals surface area contributed by atoms with Crippen molar-refractivity contribution in [3.63, 3.8) is 0 Å². The molecule has 0 spiro atoms. The van der Waals surface area contributed by atoms with Crippen molar-refractivity contribution < 1.29 is 14.3 Å². The smallest absolute Gasteiger partial charge is 0.298 e. The molecule has 0 amide bonds. The molecule has 0 aliphatic heterocycles. The number of carbonyl (C=O) groups excluding carboxylic acids is 1. The van der Waals surface area contributed by atoms with Crippen LogP contribution in [-0.2, 0) is 11.3 Å². The molecule has 6 nitrogen and oxygen atoms in total. The van der Waals surface area contributed by atoms with Crippen LogP contribution in [0.3, 0.4) is 0 Å². The summed E-state index contributed by atoms with van der Waals surface area (Å²) in [5.74, 6) is 0.308. The molecule has 0 aliphatic carbocycles. The van der Waals surface area contributed by atoms with E-state index >= 15 is 0 Å². The number of hydrogen-bond acceptors (Lipinski definition) is 5. The number of unbranched alkanes of at least 4 members (excludes halogenated alkanes) is 4. The standard InChI is InChI=1S/C23H32N2O4/c1-4-7-9-10-15-28-21-19-12-11-18(24-13-6-3)16-20(19)25(14-8-5-2)23(27)22(21)29-17-26/h6,11-12,16-17,24H,3-5,7-10,13-15H2,1-2H3. The molecule has 6 heteroatoms. The zero-order valence-electron chi connectivity index (χ0n) is 17.5. The van der Waals surface area contributed by atoms with Gasteiger partial charge in [0.05, 0.1) is 12.1 Å². The molecule has 158 valence electrons. The van der Waals surface area contributed by atoms with E-state index < -0.39 is 0 Å². The molecule has 0 bridgehead atoms. The van der Waals surface area contributed by atoms with Gasteiger partial charge in [0.1, 0.15) is 0 Å². The lowest BCUT2D eigenvalue weighted by Crippen LogP contribution is -2.24. The van der Waals surface area contributed by atoms with E-state index in [1.807, 2.05) is 18.2 Å². The maximum atomic E-state index is 13.1. The largest absolute Gasteiger partial charge is 0.489 e. The third-order valence-corrected chi connectivity index (χ3v) is 4.77. The lowest BCUT2D eigenvalue weighted by molar-refractivity contribution is -0.120. The molecule has 0 fully saturated rings. The molecule has 0 atom stereocenters. The predicted molar refractivity (Wildman–Crippen MR) is 118 cm³/mol. The third-order valence-electron chi connectivity index (χ3n) is 4.77. The summed E-state index contributed by atoms with van der Waals surface area (Å²) < 4.78 is 12.7. The Hall–Kier alpha value is -2.76. The second-order valence-corrected chi connectivity index (χ2v) is 6.99. The third kappa shape index (κ3) is 5.86. The second kappa shape index (κ2) is 11.9. The highest BCUT2D eigenvalue weighted by molar-refractivity contribution is 5.90. The van der Waals surface area contributed by atoms with E-state index in [9.17, 15) is 9.59 Å². The first kappa shape index (κ1) is 22.5. The lowest BCUT2D eigenvalue weighted by atomic mass is 10.1. The first-order chi connectivity index (χ1) is 14.2. The zero-order valence-corrected chi connectivity index (χ0v) is 17.5. The normalized spacial score (nSPS) is 10.7. The molecule has 1 N–H and O–H groups in total. The number of hydrogen-bond donors (Lipinski definition) is 1. The van der Waals surface area contributed by atoms with Crippen molar-refractivity contribution in [2.45, 2.75) is 58.9 Å². The molecule has 0 saturated heterocycles. The van der Waals surface area contributed by atoms with Gasteiger partial charge in [-0.15, -0.1) is 6.58 Å². The van der Waals surface area contributed by atoms with E-state index in [0.717, 1.165) is 55.1 Å². The first-order valence-corrected chi connectivity index (χ1v) is 10.5. The van der Waals surface area contributed by atoms with Crippen molar-refractivity contribution in [2.75, 3.05) is 18.5 Å². The monoisotopic (exact) mass is 400 g/mol. The van der Waals surface area contributed by atoms with Gasteiger partial charge in [0, 0.05) is 24.2 Å². The minimum atomic E-state index is -0.345. The Morgan fingerprint density at radius 2 is 1.90 bits per heavy atom. The fourth-order valence-corrected chi connectivity index (χ4v) is 3.23. The average Bonchev–Trinajstić information content (AvgIpc) is 2.73. The van der Waals surface area contributed by atoms with Crippen LogP contribution in [0.5, 0.6) is 11.5 Å². The number of nitrogens with zero attached hydrogens (tertiary/aromatic N) is 1. The fourth-order valence-electron chi connectivity index (χ4n) is 3.23. The number of aryl methyl sites for hydroxylation is 1. The van der Waals surface area contributed by atoms with Crippen LogP contribution in [0.1, 0.15) is 52.4 Å². The van der Waals surface area contributed by atoms with Gasteiger partial charge in [0.25, 0.3) is 12.0 Å². The number of carbonyl (C=O) groups is 1. The molecule has 0 unspecified atom stereocenters. The van der Waals surface area contributed by atoms with Gasteiger partial charge in [-0.1, -0.05) is 45.6 Å². The lowest BCUT2D eigenvalue weighted by Gasteiger charge is -2.18. The summed E-state index contributed by atoms with van der Waals surface area (Å²) in [4.78, 5) is 24.2. The maximum Gasteiger partial charge on any atom is 0.298 e. The van der Waals surface area contributed by atoms with Crippen LogP contribution in [0.4, 0.5) is 5.69 Å². The van der Waals surface area contributed by atoms with Crippen LogP contribution in [-0.4, -0.2) is 24.2 Å². The Kier molecular flexibility index (Phi) is 9.28. The summed E-state index contributed by atoms with van der Waals surface area (Å²) in [6.07, 6.45) is 7.78. The second-order valence-electron chi connectivity index (χ2n) is 6.99. The van der Waals surface area contributed by atoms with Crippen LogP contribution >= 0.6 is 0 Å². The predicted octanol–water partition coefficient (Wildman–Crippen LogP) is 4.89. The van der Waals surface area contributed by atoms with Gasteiger partial charge in [0.2, 0.25) is 5.75 Å². The van der Waals surface area contributed by atoms with E-state index in [1.54, 1.807) is 10.6 Å². The van der Waals surface area contributed by atoms with Gasteiger partial charge in [-0.05, 0) is 31.0 Å². The molecular weight excluding hydrogens is 368 g/mol. The van der Waals surface area contributed by atoms with Gasteiger partial charge in [-0.3, -0.25) is 9.59 Å². The average molecular weight is 401 g/mol. The Balaban J connectivity index is 2.55. The summed E-state index contributed by atoms with van der Waals surface area (Å²) >= 11 is 0. The highest BCUT2D eigenvalue weighted by Gasteiger charge is 2.20. The van der Waals surface area contributed by atoms with E-state index in [2.05, 4.69) is 25.7 Å². The number of aromatic nitrogens is 1. The first-order valence-electron chi connectivity index (χ1n) is 10.5. The van der Waals surface area contributed by atoms with Gasteiger partial charge in [-0.2, -0.15) is 0 Å². The molecule has 1 aromatic heterocycles. The Labute approximate surface area is 172 Å². The summed E-state index contributed by atoms with van der Waals surface area (Å²) in [6, 6.07) is 5.77. The van der Waals surface area contributed by atoms with Crippen molar-refractivity contribution >= 4 is 23.1 Å². The van der Waals surface area contributed by atoms with Crippen LogP contribution in [0.2, 0.25) is 0 Å². The Morgan fingerprint density at radius 3 is 2.59 bits per heavy atom. The number of benzene rings is 1. The molecule has 29 heavy (non-hydrogen) atoms. The number of pyridine rings is 1. The highest BCUT2D eigenvalue weighted by atomic mass is 16.5. The van der Waals surface area contributed by atoms with Gasteiger partial charge in [-0.25, -0.2) is 0 Å². The van der Waals surface area contributed by atoms with Gasteiger partial charge < -0.3 is 19.4 Å². The quantitative estimate of drug-likeness (QED) is 0.278. The summed E-state index contributed by atoms with van der Waals surface area (Å²) in [6.45, 7) is 9.87. The molecule has 2 rings (SSSR count). The topological polar surface area (TPSA) is 69.6 Å². The maximum absolute atomic E-state index is 13.1. The minimum absolute atomic E-state index is 0.0362. The van der Waals surface area contributed by atoms with E-state index in [0.29, 0.717) is 25.4 Å². The van der Waals surface area contributed by atoms with E-state index in [1.165, 1.54) is 0 Å². The van der Waals surface area contributed by atoms with Gasteiger partial charge in [0.15, 0.2) is 5.75 Å². The summed E-state index contributed by atoms with van der Waals surface area (Å²) in [7, 11) is 0. The number of anilines is 1. The van der Waals surface area contributed by atoms with Crippen LogP contribution in [0.15, 0.2) is 35.6 Å². The van der Waals surface area contributed by atoms with Crippen molar-refractivity contribution in [2.24, 2.45) is 0 Å². The van der Waals surface area contributed by atoms with Crippen molar-refractivity contribution in [1.82, 2.24) is 4.57 Å². The van der Waals surface area contributed by atoms with Crippen LogP contribution in [0, 0.1) is 0 Å². The van der Waals surface area contributed by atoms with Crippen molar-refractivity contribution in [3.05, 3.63) is 41.2 Å². The highest BCUT2D eigenvalue weighted by Crippen LogP contribution is 2.34. The van der Waals surface area contributed by atoms with Crippen molar-refractivity contribution in [1.29, 1.82) is 0 Å². The van der Waals surface area contributed by atoms with E-state index in [-0.39, 0.29) is 17.8 Å². The van der Waals surface area contributed by atoms with Crippen LogP contribution in [0.25, 0.3) is 10.9 Å². The van der Waals surface area contributed by atoms with E-state index in [4.69, 9.17) is 9.47 Å². The Morgan fingerprint density at radius 1 is 1.10 bits per heavy atom. The van der Waals surface area contributed by atoms with Crippen LogP contribution < -0.4 is 20.3 Å². The number of rotatable bonds is 14. The number of nitrogens with one attached hydrogen (secondary N) is 1. The number of ether oxygens (including phenoxy) is 2. The molecule has 1 aromatic carbocycles. The zero-order chi connectivity index (χ0) is 21.1. The minimum Gasteiger partial charge on any atom is -0.489 e.